The molecule has 0 heterocycles. The van der Waals surface area contributed by atoms with Gasteiger partial charge >= 0.3 is 0 Å². The van der Waals surface area contributed by atoms with Gasteiger partial charge in [0.25, 0.3) is 0 Å². The Morgan fingerprint density at radius 1 is 1.36 bits per heavy atom. The SMILES string of the molecule is CC1C(Br)c2cccc3c2C1CCC3. The third-order valence-electron chi connectivity index (χ3n) is 3.96. The fourth-order valence-electron chi connectivity index (χ4n) is 3.21. The molecule has 0 saturated heterocycles. The van der Waals surface area contributed by atoms with Crippen molar-refractivity contribution in [2.75, 3.05) is 0 Å². The first-order chi connectivity index (χ1) is 6.79. The second-order valence-electron chi connectivity index (χ2n) is 4.68. The average molecular weight is 251 g/mol. The van der Waals surface area contributed by atoms with Gasteiger partial charge in [0.15, 0.2) is 0 Å². The van der Waals surface area contributed by atoms with E-state index in [2.05, 4.69) is 41.1 Å². The van der Waals surface area contributed by atoms with Gasteiger partial charge in [0, 0.05) is 4.83 Å². The van der Waals surface area contributed by atoms with Crippen LogP contribution in [0, 0.1) is 5.92 Å². The number of benzene rings is 1. The van der Waals surface area contributed by atoms with Gasteiger partial charge in [-0.05, 0) is 47.8 Å². The van der Waals surface area contributed by atoms with Gasteiger partial charge in [0.05, 0.1) is 0 Å². The van der Waals surface area contributed by atoms with Crippen LogP contribution in [0.4, 0.5) is 0 Å². The summed E-state index contributed by atoms with van der Waals surface area (Å²) in [6.45, 7) is 2.39. The molecule has 0 saturated carbocycles. The fourth-order valence-corrected chi connectivity index (χ4v) is 3.98. The first-order valence-corrected chi connectivity index (χ1v) is 6.46. The molecule has 0 spiro atoms. The molecule has 0 bridgehead atoms. The van der Waals surface area contributed by atoms with Gasteiger partial charge in [0.1, 0.15) is 0 Å². The number of halogens is 1. The fraction of sp³-hybridized carbons (Fsp3) is 0.538. The van der Waals surface area contributed by atoms with Crippen LogP contribution in [0.5, 0.6) is 0 Å². The van der Waals surface area contributed by atoms with Crippen molar-refractivity contribution in [3.05, 3.63) is 34.9 Å². The molecule has 0 aliphatic heterocycles. The van der Waals surface area contributed by atoms with Crippen molar-refractivity contribution in [2.45, 2.75) is 36.9 Å². The van der Waals surface area contributed by atoms with Gasteiger partial charge in [-0.2, -0.15) is 0 Å². The minimum Gasteiger partial charge on any atom is -0.0836 e. The lowest BCUT2D eigenvalue weighted by Gasteiger charge is -2.24. The Morgan fingerprint density at radius 2 is 2.21 bits per heavy atom. The van der Waals surface area contributed by atoms with Crippen molar-refractivity contribution < 1.29 is 0 Å². The Kier molecular flexibility index (Phi) is 1.98. The number of hydrogen-bond donors (Lipinski definition) is 0. The van der Waals surface area contributed by atoms with E-state index in [0.717, 1.165) is 11.8 Å². The first kappa shape index (κ1) is 8.96. The molecule has 14 heavy (non-hydrogen) atoms. The average Bonchev–Trinajstić information content (AvgIpc) is 2.47. The van der Waals surface area contributed by atoms with Gasteiger partial charge in [-0.15, -0.1) is 0 Å². The van der Waals surface area contributed by atoms with Crippen molar-refractivity contribution >= 4 is 15.9 Å². The molecule has 0 radical (unpaired) electrons. The van der Waals surface area contributed by atoms with E-state index in [1.54, 1.807) is 16.7 Å². The lowest BCUT2D eigenvalue weighted by Crippen LogP contribution is -2.11. The van der Waals surface area contributed by atoms with Crippen LogP contribution in [-0.4, -0.2) is 0 Å². The Balaban J connectivity index is 2.22. The molecule has 0 nitrogen and oxygen atoms in total. The summed E-state index contributed by atoms with van der Waals surface area (Å²) in [5.74, 6) is 1.62. The Labute approximate surface area is 93.8 Å². The molecule has 1 heteroatoms. The number of aryl methyl sites for hydroxylation is 1. The number of hydrogen-bond acceptors (Lipinski definition) is 0. The summed E-state index contributed by atoms with van der Waals surface area (Å²) in [5.41, 5.74) is 4.88. The zero-order valence-electron chi connectivity index (χ0n) is 8.46. The molecule has 0 amide bonds. The van der Waals surface area contributed by atoms with E-state index in [9.17, 15) is 0 Å². The van der Waals surface area contributed by atoms with Crippen LogP contribution >= 0.6 is 15.9 Å². The van der Waals surface area contributed by atoms with E-state index in [-0.39, 0.29) is 0 Å². The molecular weight excluding hydrogens is 236 g/mol. The standard InChI is InChI=1S/C13H15Br/c1-8-10-6-2-4-9-5-3-7-11(12(9)10)13(8)14/h3,5,7-8,10,13H,2,4,6H2,1H3. The maximum Gasteiger partial charge on any atom is 0.0429 e. The Morgan fingerprint density at radius 3 is 3.07 bits per heavy atom. The molecule has 0 fully saturated rings. The Bertz CT molecular complexity index is 369. The second-order valence-corrected chi connectivity index (χ2v) is 5.67. The van der Waals surface area contributed by atoms with E-state index in [1.807, 2.05) is 0 Å². The molecular formula is C13H15Br. The van der Waals surface area contributed by atoms with E-state index in [1.165, 1.54) is 19.3 Å². The van der Waals surface area contributed by atoms with E-state index in [4.69, 9.17) is 0 Å². The zero-order valence-corrected chi connectivity index (χ0v) is 10.0. The summed E-state index contributed by atoms with van der Waals surface area (Å²) < 4.78 is 0. The molecule has 3 rings (SSSR count). The monoisotopic (exact) mass is 250 g/mol. The third-order valence-corrected chi connectivity index (χ3v) is 5.28. The van der Waals surface area contributed by atoms with Gasteiger partial charge in [-0.1, -0.05) is 41.1 Å². The van der Waals surface area contributed by atoms with Crippen LogP contribution in [0.1, 0.15) is 47.2 Å². The highest BCUT2D eigenvalue weighted by atomic mass is 79.9. The summed E-state index contributed by atoms with van der Waals surface area (Å²) in [6, 6.07) is 6.85. The molecule has 3 unspecified atom stereocenters. The molecule has 3 atom stereocenters. The first-order valence-electron chi connectivity index (χ1n) is 5.55. The summed E-state index contributed by atoms with van der Waals surface area (Å²) >= 11 is 3.85. The molecule has 1 aromatic carbocycles. The summed E-state index contributed by atoms with van der Waals surface area (Å²) in [5, 5.41) is 0. The molecule has 0 N–H and O–H groups in total. The maximum atomic E-state index is 3.85. The summed E-state index contributed by atoms with van der Waals surface area (Å²) in [7, 11) is 0. The molecule has 2 aliphatic rings. The smallest absolute Gasteiger partial charge is 0.0429 e. The normalized spacial score (nSPS) is 34.3. The van der Waals surface area contributed by atoms with E-state index < -0.39 is 0 Å². The number of alkyl halides is 1. The lowest BCUT2D eigenvalue weighted by molar-refractivity contribution is 0.439. The molecule has 0 aromatic heterocycles. The molecule has 74 valence electrons. The topological polar surface area (TPSA) is 0 Å². The van der Waals surface area contributed by atoms with Crippen LogP contribution in [0.3, 0.4) is 0 Å². The predicted molar refractivity (Wildman–Crippen MR) is 63.0 cm³/mol. The van der Waals surface area contributed by atoms with Crippen LogP contribution < -0.4 is 0 Å². The maximum absolute atomic E-state index is 3.85. The second kappa shape index (κ2) is 3.10. The summed E-state index contributed by atoms with van der Waals surface area (Å²) in [4.78, 5) is 0.598. The Hall–Kier alpha value is -0.300. The van der Waals surface area contributed by atoms with Crippen molar-refractivity contribution in [3.63, 3.8) is 0 Å². The van der Waals surface area contributed by atoms with Gasteiger partial charge in [-0.3, -0.25) is 0 Å². The van der Waals surface area contributed by atoms with Gasteiger partial charge in [-0.25, -0.2) is 0 Å². The summed E-state index contributed by atoms with van der Waals surface area (Å²) in [6.07, 6.45) is 4.07. The number of rotatable bonds is 0. The minimum absolute atomic E-state index is 0.598. The van der Waals surface area contributed by atoms with Gasteiger partial charge < -0.3 is 0 Å². The quantitative estimate of drug-likeness (QED) is 0.606. The third kappa shape index (κ3) is 1.05. The predicted octanol–water partition coefficient (Wildman–Crippen LogP) is 4.19. The van der Waals surface area contributed by atoms with E-state index >= 15 is 0 Å². The zero-order chi connectivity index (χ0) is 9.71. The van der Waals surface area contributed by atoms with Crippen molar-refractivity contribution in [1.29, 1.82) is 0 Å². The lowest BCUT2D eigenvalue weighted by atomic mass is 9.81. The molecule has 2 aliphatic carbocycles. The highest BCUT2D eigenvalue weighted by Crippen LogP contribution is 2.54. The van der Waals surface area contributed by atoms with Crippen molar-refractivity contribution in [2.24, 2.45) is 5.92 Å². The van der Waals surface area contributed by atoms with Crippen molar-refractivity contribution in [1.82, 2.24) is 0 Å². The van der Waals surface area contributed by atoms with Crippen LogP contribution in [0.2, 0.25) is 0 Å². The highest BCUT2D eigenvalue weighted by molar-refractivity contribution is 9.09. The van der Waals surface area contributed by atoms with Gasteiger partial charge in [0.2, 0.25) is 0 Å². The minimum atomic E-state index is 0.598. The largest absolute Gasteiger partial charge is 0.0836 e. The van der Waals surface area contributed by atoms with Crippen molar-refractivity contribution in [3.8, 4) is 0 Å². The molecule has 1 aromatic rings. The van der Waals surface area contributed by atoms with Crippen LogP contribution in [-0.2, 0) is 6.42 Å². The van der Waals surface area contributed by atoms with Crippen LogP contribution in [0.25, 0.3) is 0 Å². The van der Waals surface area contributed by atoms with Crippen LogP contribution in [0.15, 0.2) is 18.2 Å². The highest BCUT2D eigenvalue weighted by Gasteiger charge is 2.38. The van der Waals surface area contributed by atoms with E-state index in [0.29, 0.717) is 4.83 Å².